The van der Waals surface area contributed by atoms with Gasteiger partial charge in [-0.3, -0.25) is 4.79 Å². The quantitative estimate of drug-likeness (QED) is 0.842. The van der Waals surface area contributed by atoms with Gasteiger partial charge < -0.3 is 10.0 Å². The van der Waals surface area contributed by atoms with Crippen LogP contribution in [-0.2, 0) is 0 Å². The monoisotopic (exact) mass is 259 g/mol. The Labute approximate surface area is 101 Å². The molecular weight excluding hydrogens is 248 g/mol. The Morgan fingerprint density at radius 2 is 1.94 bits per heavy atom. The number of aliphatic hydroxyl groups is 1. The molecule has 6 heteroatoms. The molecule has 1 aromatic rings. The third-order valence-electron chi connectivity index (χ3n) is 2.48. The van der Waals surface area contributed by atoms with Crippen LogP contribution in [0.25, 0.3) is 0 Å². The summed E-state index contributed by atoms with van der Waals surface area (Å²) in [6, 6.07) is 6.05. The van der Waals surface area contributed by atoms with Crippen LogP contribution in [0.2, 0.25) is 0 Å². The number of β-amino-alcohol motifs (C(OH)–C–C–N with tert-alkyl or cyclic N) is 1. The van der Waals surface area contributed by atoms with Crippen molar-refractivity contribution in [1.29, 1.82) is 0 Å². The number of nitrogens with zero attached hydrogens (tertiary/aromatic N) is 1. The first-order chi connectivity index (χ1) is 8.06. The van der Waals surface area contributed by atoms with Gasteiger partial charge >= 0.3 is 0 Å². The second-order valence-electron chi connectivity index (χ2n) is 3.77. The van der Waals surface area contributed by atoms with Crippen LogP contribution in [-0.4, -0.2) is 40.9 Å². The van der Waals surface area contributed by atoms with Gasteiger partial charge in [0.2, 0.25) is 0 Å². The molecule has 17 heavy (non-hydrogen) atoms. The Kier molecular flexibility index (Phi) is 3.63. The molecule has 1 fully saturated rings. The maximum Gasteiger partial charge on any atom is 0.288 e. The second kappa shape index (κ2) is 5.01. The summed E-state index contributed by atoms with van der Waals surface area (Å²) in [5.74, 6) is -2.63. The van der Waals surface area contributed by atoms with E-state index in [0.29, 0.717) is 35.3 Å². The molecule has 0 radical (unpaired) electrons. The molecule has 2 rings (SSSR count). The van der Waals surface area contributed by atoms with E-state index in [1.807, 2.05) is 0 Å². The highest BCUT2D eigenvalue weighted by Crippen LogP contribution is 2.25. The van der Waals surface area contributed by atoms with Crippen molar-refractivity contribution in [2.24, 2.45) is 0 Å². The van der Waals surface area contributed by atoms with E-state index in [4.69, 9.17) is 5.11 Å². The van der Waals surface area contributed by atoms with Crippen molar-refractivity contribution in [2.45, 2.75) is 16.8 Å². The lowest BCUT2D eigenvalue weighted by Gasteiger charge is -2.35. The van der Waals surface area contributed by atoms with Gasteiger partial charge in [-0.15, -0.1) is 0 Å². The number of halogens is 2. The molecule has 1 aromatic carbocycles. The summed E-state index contributed by atoms with van der Waals surface area (Å²) in [5.41, 5.74) is 0.454. The number of amides is 1. The number of alkyl halides is 2. The van der Waals surface area contributed by atoms with Gasteiger partial charge in [-0.2, -0.15) is 8.78 Å². The van der Waals surface area contributed by atoms with E-state index < -0.39 is 11.9 Å². The Bertz CT molecular complexity index is 404. The highest BCUT2D eigenvalue weighted by Gasteiger charge is 2.29. The SMILES string of the molecule is O=C(c1ccc(SC(F)F)cc1)N1CC(O)C1. The number of hydrogen-bond donors (Lipinski definition) is 1. The van der Waals surface area contributed by atoms with Crippen LogP contribution in [0.3, 0.4) is 0 Å². The molecule has 1 aliphatic rings. The topological polar surface area (TPSA) is 40.5 Å². The first-order valence-electron chi connectivity index (χ1n) is 5.08. The van der Waals surface area contributed by atoms with E-state index in [1.54, 1.807) is 0 Å². The Hall–Kier alpha value is -1.14. The predicted molar refractivity (Wildman–Crippen MR) is 60.2 cm³/mol. The summed E-state index contributed by atoms with van der Waals surface area (Å²) in [6.45, 7) is 0.679. The van der Waals surface area contributed by atoms with Gasteiger partial charge in [-0.25, -0.2) is 0 Å². The van der Waals surface area contributed by atoms with E-state index in [-0.39, 0.29) is 5.91 Å². The van der Waals surface area contributed by atoms with Crippen molar-refractivity contribution in [3.8, 4) is 0 Å². The zero-order valence-electron chi connectivity index (χ0n) is 8.85. The number of hydrogen-bond acceptors (Lipinski definition) is 3. The van der Waals surface area contributed by atoms with Crippen LogP contribution >= 0.6 is 11.8 Å². The van der Waals surface area contributed by atoms with Crippen molar-refractivity contribution in [2.75, 3.05) is 13.1 Å². The number of carbonyl (C=O) groups is 1. The van der Waals surface area contributed by atoms with Gasteiger partial charge in [-0.05, 0) is 24.3 Å². The minimum absolute atomic E-state index is 0.177. The standard InChI is InChI=1S/C11H11F2NO2S/c12-11(13)17-9-3-1-7(2-4-9)10(16)14-5-8(15)6-14/h1-4,8,11,15H,5-6H2. The minimum atomic E-state index is -2.46. The number of rotatable bonds is 3. The molecule has 1 aliphatic heterocycles. The maximum absolute atomic E-state index is 12.1. The molecule has 0 aromatic heterocycles. The van der Waals surface area contributed by atoms with Crippen LogP contribution in [0.5, 0.6) is 0 Å². The first-order valence-corrected chi connectivity index (χ1v) is 5.96. The molecule has 1 saturated heterocycles. The molecule has 3 nitrogen and oxygen atoms in total. The Morgan fingerprint density at radius 3 is 2.41 bits per heavy atom. The lowest BCUT2D eigenvalue weighted by Crippen LogP contribution is -2.53. The average molecular weight is 259 g/mol. The first kappa shape index (κ1) is 12.3. The molecule has 0 bridgehead atoms. The molecular formula is C11H11F2NO2S. The lowest BCUT2D eigenvalue weighted by molar-refractivity contribution is 0.00589. The van der Waals surface area contributed by atoms with Crippen LogP contribution in [0.1, 0.15) is 10.4 Å². The normalized spacial score (nSPS) is 16.1. The van der Waals surface area contributed by atoms with E-state index in [2.05, 4.69) is 0 Å². The van der Waals surface area contributed by atoms with Gasteiger partial charge in [0.25, 0.3) is 11.7 Å². The summed E-state index contributed by atoms with van der Waals surface area (Å²) in [4.78, 5) is 13.7. The van der Waals surface area contributed by atoms with Gasteiger partial charge in [0.15, 0.2) is 0 Å². The fourth-order valence-corrected chi connectivity index (χ4v) is 2.08. The third kappa shape index (κ3) is 2.95. The smallest absolute Gasteiger partial charge is 0.288 e. The lowest BCUT2D eigenvalue weighted by atomic mass is 10.1. The second-order valence-corrected chi connectivity index (χ2v) is 4.83. The maximum atomic E-state index is 12.1. The summed E-state index contributed by atoms with van der Waals surface area (Å²) in [6.07, 6.45) is -0.437. The Balaban J connectivity index is 2.00. The predicted octanol–water partition coefficient (Wildman–Crippen LogP) is 1.82. The zero-order chi connectivity index (χ0) is 12.4. The summed E-state index contributed by atoms with van der Waals surface area (Å²) < 4.78 is 24.1. The summed E-state index contributed by atoms with van der Waals surface area (Å²) in [7, 11) is 0. The molecule has 0 aliphatic carbocycles. The van der Waals surface area contributed by atoms with E-state index in [1.165, 1.54) is 29.2 Å². The molecule has 0 unspecified atom stereocenters. The fourth-order valence-electron chi connectivity index (χ4n) is 1.58. The fraction of sp³-hybridized carbons (Fsp3) is 0.364. The van der Waals surface area contributed by atoms with E-state index in [0.717, 1.165) is 0 Å². The van der Waals surface area contributed by atoms with Crippen LogP contribution in [0.15, 0.2) is 29.2 Å². The number of thioether (sulfide) groups is 1. The third-order valence-corrected chi connectivity index (χ3v) is 3.20. The highest BCUT2D eigenvalue weighted by atomic mass is 32.2. The molecule has 1 amide bonds. The van der Waals surface area contributed by atoms with Gasteiger partial charge in [0.05, 0.1) is 6.10 Å². The van der Waals surface area contributed by atoms with E-state index in [9.17, 15) is 13.6 Å². The highest BCUT2D eigenvalue weighted by molar-refractivity contribution is 7.99. The van der Waals surface area contributed by atoms with Crippen molar-refractivity contribution in [3.05, 3.63) is 29.8 Å². The molecule has 92 valence electrons. The van der Waals surface area contributed by atoms with Crippen LogP contribution < -0.4 is 0 Å². The Morgan fingerprint density at radius 1 is 1.35 bits per heavy atom. The van der Waals surface area contributed by atoms with Crippen molar-refractivity contribution >= 4 is 17.7 Å². The number of aliphatic hydroxyl groups excluding tert-OH is 1. The van der Waals surface area contributed by atoms with Crippen LogP contribution in [0.4, 0.5) is 8.78 Å². The number of carbonyl (C=O) groups excluding carboxylic acids is 1. The largest absolute Gasteiger partial charge is 0.389 e. The summed E-state index contributed by atoms with van der Waals surface area (Å²) in [5, 5.41) is 9.08. The molecule has 0 spiro atoms. The molecule has 0 saturated carbocycles. The van der Waals surface area contributed by atoms with Gasteiger partial charge in [0.1, 0.15) is 0 Å². The van der Waals surface area contributed by atoms with Crippen molar-refractivity contribution in [1.82, 2.24) is 4.90 Å². The molecule has 0 atom stereocenters. The number of likely N-dealkylation sites (tertiary alicyclic amines) is 1. The van der Waals surface area contributed by atoms with Crippen LogP contribution in [0, 0.1) is 0 Å². The zero-order valence-corrected chi connectivity index (χ0v) is 9.66. The van der Waals surface area contributed by atoms with Crippen molar-refractivity contribution in [3.63, 3.8) is 0 Å². The van der Waals surface area contributed by atoms with Gasteiger partial charge in [-0.1, -0.05) is 11.8 Å². The van der Waals surface area contributed by atoms with Gasteiger partial charge in [0, 0.05) is 23.5 Å². The summed E-state index contributed by atoms with van der Waals surface area (Å²) >= 11 is 0.449. The molecule has 1 heterocycles. The molecule has 1 N–H and O–H groups in total. The average Bonchev–Trinajstić information content (AvgIpc) is 2.24. The number of benzene rings is 1. The van der Waals surface area contributed by atoms with E-state index >= 15 is 0 Å². The van der Waals surface area contributed by atoms with Crippen molar-refractivity contribution < 1.29 is 18.7 Å². The minimum Gasteiger partial charge on any atom is -0.389 e.